The van der Waals surface area contributed by atoms with Gasteiger partial charge in [-0.25, -0.2) is 14.6 Å². The second kappa shape index (κ2) is 15.2. The zero-order chi connectivity index (χ0) is 31.6. The first-order valence-corrected chi connectivity index (χ1v) is 15.1. The molecule has 11 heteroatoms. The molecule has 0 unspecified atom stereocenters. The van der Waals surface area contributed by atoms with Crippen molar-refractivity contribution in [2.45, 2.75) is 25.7 Å². The van der Waals surface area contributed by atoms with Crippen LogP contribution in [0.1, 0.15) is 31.2 Å². The van der Waals surface area contributed by atoms with Crippen molar-refractivity contribution in [3.63, 3.8) is 0 Å². The Labute approximate surface area is 262 Å². The highest BCUT2D eigenvalue weighted by atomic mass is 19.1. The third-order valence-corrected chi connectivity index (χ3v) is 7.51. The number of nitrogens with zero attached hydrogens (tertiary/aromatic N) is 4. The molecule has 0 spiro atoms. The predicted molar refractivity (Wildman–Crippen MR) is 176 cm³/mol. The van der Waals surface area contributed by atoms with E-state index in [2.05, 4.69) is 25.7 Å². The van der Waals surface area contributed by atoms with Crippen LogP contribution in [0.5, 0.6) is 23.0 Å². The van der Waals surface area contributed by atoms with Gasteiger partial charge in [-0.1, -0.05) is 18.6 Å². The number of nitrogens with one attached hydrogen (secondary N) is 2. The van der Waals surface area contributed by atoms with Gasteiger partial charge in [0, 0.05) is 55.7 Å². The average molecular weight is 615 g/mol. The average Bonchev–Trinajstić information content (AvgIpc) is 3.05. The molecule has 1 aliphatic heterocycles. The lowest BCUT2D eigenvalue weighted by Crippen LogP contribution is -2.31. The number of amides is 2. The molecule has 0 saturated carbocycles. The number of halogens is 1. The summed E-state index contributed by atoms with van der Waals surface area (Å²) in [6, 6.07) is 16.5. The highest BCUT2D eigenvalue weighted by Crippen LogP contribution is 2.38. The lowest BCUT2D eigenvalue weighted by atomic mass is 10.1. The number of methoxy groups -OCH3 is 1. The van der Waals surface area contributed by atoms with Crippen molar-refractivity contribution in [1.82, 2.24) is 15.3 Å². The number of carbonyl (C=O) groups is 1. The second-order valence-corrected chi connectivity index (χ2v) is 11.0. The van der Waals surface area contributed by atoms with E-state index in [0.29, 0.717) is 34.8 Å². The van der Waals surface area contributed by atoms with Gasteiger partial charge in [-0.15, -0.1) is 0 Å². The van der Waals surface area contributed by atoms with Crippen LogP contribution in [-0.2, 0) is 0 Å². The summed E-state index contributed by atoms with van der Waals surface area (Å²) in [5.74, 6) is 0.880. The fourth-order valence-electron chi connectivity index (χ4n) is 5.11. The lowest BCUT2D eigenvalue weighted by molar-refractivity contribution is 0.203. The summed E-state index contributed by atoms with van der Waals surface area (Å²) in [6.07, 6.45) is 7.89. The highest BCUT2D eigenvalue weighted by Gasteiger charge is 2.15. The third kappa shape index (κ3) is 8.60. The highest BCUT2D eigenvalue weighted by molar-refractivity contribution is 5.91. The molecule has 1 aliphatic rings. The Morgan fingerprint density at radius 3 is 2.53 bits per heavy atom. The monoisotopic (exact) mass is 614 g/mol. The molecule has 3 aromatic carbocycles. The minimum atomic E-state index is -0.650. The van der Waals surface area contributed by atoms with E-state index in [1.165, 1.54) is 37.6 Å². The summed E-state index contributed by atoms with van der Waals surface area (Å²) in [5.41, 5.74) is 5.13. The Kier molecular flexibility index (Phi) is 10.7. The quantitative estimate of drug-likeness (QED) is 0.105. The first kappa shape index (κ1) is 31.5. The van der Waals surface area contributed by atoms with Crippen LogP contribution in [-0.4, -0.2) is 69.6 Å². The minimum Gasteiger partial charge on any atom is -0.493 e. The maximum Gasteiger partial charge on any atom is 0.339 e. The van der Waals surface area contributed by atoms with E-state index < -0.39 is 11.8 Å². The molecule has 4 aromatic rings. The molecule has 2 N–H and O–H groups in total. The van der Waals surface area contributed by atoms with Gasteiger partial charge >= 0.3 is 6.03 Å². The number of hydrogen-bond donors (Lipinski definition) is 2. The van der Waals surface area contributed by atoms with Gasteiger partial charge in [-0.3, -0.25) is 4.98 Å². The summed E-state index contributed by atoms with van der Waals surface area (Å²) < 4.78 is 32.7. The van der Waals surface area contributed by atoms with Gasteiger partial charge < -0.3 is 29.3 Å². The minimum absolute atomic E-state index is 0.00958. The third-order valence-electron chi connectivity index (χ3n) is 7.51. The second-order valence-electron chi connectivity index (χ2n) is 11.0. The number of ether oxygens (including phenoxy) is 3. The van der Waals surface area contributed by atoms with Gasteiger partial charge in [0.25, 0.3) is 0 Å². The predicted octanol–water partition coefficient (Wildman–Crippen LogP) is 6.65. The summed E-state index contributed by atoms with van der Waals surface area (Å²) in [4.78, 5) is 21.2. The summed E-state index contributed by atoms with van der Waals surface area (Å²) in [7, 11) is 5.49. The first-order valence-electron chi connectivity index (χ1n) is 15.1. The largest absolute Gasteiger partial charge is 0.493 e. The Morgan fingerprint density at radius 1 is 1.00 bits per heavy atom. The topological polar surface area (TPSA) is 101 Å². The fourth-order valence-corrected chi connectivity index (χ4v) is 5.11. The zero-order valence-electron chi connectivity index (χ0n) is 25.9. The molecule has 1 saturated heterocycles. The van der Waals surface area contributed by atoms with Gasteiger partial charge in [0.15, 0.2) is 23.1 Å². The van der Waals surface area contributed by atoms with Gasteiger partial charge in [0.05, 0.1) is 25.4 Å². The van der Waals surface area contributed by atoms with Gasteiger partial charge in [-0.05, 0) is 74.3 Å². The van der Waals surface area contributed by atoms with Crippen molar-refractivity contribution in [1.29, 1.82) is 0 Å². The molecule has 10 nitrogen and oxygen atoms in total. The number of piperidine rings is 1. The summed E-state index contributed by atoms with van der Waals surface area (Å²) in [5, 5.41) is 7.16. The number of benzene rings is 3. The molecule has 1 fully saturated rings. The van der Waals surface area contributed by atoms with Crippen LogP contribution in [0.4, 0.5) is 20.6 Å². The van der Waals surface area contributed by atoms with Gasteiger partial charge in [-0.2, -0.15) is 5.10 Å². The Hall–Kier alpha value is -4.90. The van der Waals surface area contributed by atoms with E-state index >= 15 is 4.39 Å². The number of pyridine rings is 1. The molecule has 2 heterocycles. The van der Waals surface area contributed by atoms with Crippen LogP contribution in [0.2, 0.25) is 0 Å². The summed E-state index contributed by atoms with van der Waals surface area (Å²) in [6.45, 7) is 3.89. The molecule has 5 rings (SSSR count). The van der Waals surface area contributed by atoms with Crippen LogP contribution in [0.3, 0.4) is 0 Å². The van der Waals surface area contributed by atoms with Crippen molar-refractivity contribution >= 4 is 34.5 Å². The number of hydrazone groups is 1. The van der Waals surface area contributed by atoms with Crippen molar-refractivity contribution in [3.05, 3.63) is 78.2 Å². The van der Waals surface area contributed by atoms with E-state index in [1.807, 2.05) is 49.3 Å². The van der Waals surface area contributed by atoms with Crippen molar-refractivity contribution in [3.8, 4) is 23.0 Å². The molecular weight excluding hydrogens is 575 g/mol. The number of rotatable bonds is 12. The SMILES string of the molecule is COc1cc2c(Oc3ccc(NC(=O)N/N=C/c4ccc(N(C)C)cc4)cc3F)ccnc2cc1OCCCN1CCCCC1. The van der Waals surface area contributed by atoms with Crippen LogP contribution >= 0.6 is 0 Å². The number of likely N-dealkylation sites (tertiary alicyclic amines) is 1. The summed E-state index contributed by atoms with van der Waals surface area (Å²) >= 11 is 0. The van der Waals surface area contributed by atoms with Crippen molar-refractivity contribution < 1.29 is 23.4 Å². The normalized spacial score (nSPS) is 13.5. The van der Waals surface area contributed by atoms with E-state index in [0.717, 1.165) is 37.3 Å². The zero-order valence-corrected chi connectivity index (χ0v) is 25.9. The van der Waals surface area contributed by atoms with E-state index in [4.69, 9.17) is 14.2 Å². The molecule has 0 radical (unpaired) electrons. The Morgan fingerprint density at radius 2 is 1.80 bits per heavy atom. The molecule has 0 aliphatic carbocycles. The van der Waals surface area contributed by atoms with Crippen molar-refractivity contribution in [2.24, 2.45) is 5.10 Å². The number of anilines is 2. The van der Waals surface area contributed by atoms with Crippen molar-refractivity contribution in [2.75, 3.05) is 57.7 Å². The maximum absolute atomic E-state index is 15.1. The number of carbonyl (C=O) groups excluding carboxylic acids is 1. The molecule has 0 atom stereocenters. The smallest absolute Gasteiger partial charge is 0.339 e. The standard InChI is InChI=1S/C34H39FN6O4/c1-40(2)26-11-8-24(9-12-26)23-37-39-34(42)38-25-10-13-31(28(35)20-25)45-30-14-15-36-29-22-33(32(43-3)21-27(29)30)44-19-7-18-41-16-5-4-6-17-41/h8-15,20-23H,4-7,16-19H2,1-3H3,(H2,38,39,42)/b37-23+. The first-order chi connectivity index (χ1) is 21.9. The van der Waals surface area contributed by atoms with E-state index in [1.54, 1.807) is 31.5 Å². The number of hydrogen-bond acceptors (Lipinski definition) is 8. The van der Waals surface area contributed by atoms with Gasteiger partial charge in [0.2, 0.25) is 0 Å². The maximum atomic E-state index is 15.1. The molecule has 236 valence electrons. The van der Waals surface area contributed by atoms with Crippen LogP contribution in [0.25, 0.3) is 10.9 Å². The number of urea groups is 1. The molecular formula is C34H39FN6O4. The molecule has 2 amide bonds. The fraction of sp³-hybridized carbons (Fsp3) is 0.324. The van der Waals surface area contributed by atoms with E-state index in [-0.39, 0.29) is 11.4 Å². The Bertz CT molecular complexity index is 1620. The van der Waals surface area contributed by atoms with Crippen LogP contribution < -0.4 is 29.9 Å². The van der Waals surface area contributed by atoms with E-state index in [9.17, 15) is 4.79 Å². The number of fused-ring (bicyclic) bond motifs is 1. The molecule has 1 aromatic heterocycles. The lowest BCUT2D eigenvalue weighted by Gasteiger charge is -2.26. The molecule has 0 bridgehead atoms. The van der Waals surface area contributed by atoms with Gasteiger partial charge in [0.1, 0.15) is 5.75 Å². The molecule has 45 heavy (non-hydrogen) atoms. The Balaban J connectivity index is 1.19. The number of aromatic nitrogens is 1. The van der Waals surface area contributed by atoms with Crippen LogP contribution in [0, 0.1) is 5.82 Å². The van der Waals surface area contributed by atoms with Crippen LogP contribution in [0.15, 0.2) is 72.0 Å².